The highest BCUT2D eigenvalue weighted by Gasteiger charge is 1.93. The fourth-order valence-corrected chi connectivity index (χ4v) is 1.64. The molecule has 1 heterocycles. The van der Waals surface area contributed by atoms with Crippen LogP contribution in [0.1, 0.15) is 12.0 Å². The first-order valence-electron chi connectivity index (χ1n) is 5.56. The molecule has 82 valence electrons. The van der Waals surface area contributed by atoms with Crippen LogP contribution in [0, 0.1) is 0 Å². The molecule has 2 nitrogen and oxygen atoms in total. The smallest absolute Gasteiger partial charge is 0.0702 e. The second-order valence-electron chi connectivity index (χ2n) is 3.75. The summed E-state index contributed by atoms with van der Waals surface area (Å²) in [5, 5.41) is 4.32. The number of pyridine rings is 1. The van der Waals surface area contributed by atoms with E-state index in [4.69, 9.17) is 0 Å². The summed E-state index contributed by atoms with van der Waals surface area (Å²) >= 11 is 0. The van der Waals surface area contributed by atoms with E-state index in [-0.39, 0.29) is 0 Å². The quantitative estimate of drug-likeness (QED) is 0.788. The molecule has 0 saturated carbocycles. The lowest BCUT2D eigenvalue weighted by atomic mass is 10.1. The van der Waals surface area contributed by atoms with Gasteiger partial charge in [0.15, 0.2) is 0 Å². The van der Waals surface area contributed by atoms with Crippen LogP contribution in [0.15, 0.2) is 42.6 Å². The van der Waals surface area contributed by atoms with Gasteiger partial charge >= 0.3 is 0 Å². The van der Waals surface area contributed by atoms with Crippen molar-refractivity contribution in [1.29, 1.82) is 0 Å². The maximum atomic E-state index is 4.30. The highest BCUT2D eigenvalue weighted by Crippen LogP contribution is 2.14. The Hall–Kier alpha value is -1.67. The topological polar surface area (TPSA) is 24.9 Å². The van der Waals surface area contributed by atoms with E-state index in [0.29, 0.717) is 0 Å². The average molecular weight is 212 g/mol. The Bertz CT molecular complexity index is 489. The molecule has 0 amide bonds. The minimum atomic E-state index is 1.02. The monoisotopic (exact) mass is 212 g/mol. The second kappa shape index (κ2) is 5.42. The van der Waals surface area contributed by atoms with Gasteiger partial charge in [0.25, 0.3) is 0 Å². The van der Waals surface area contributed by atoms with Crippen LogP contribution in [0.2, 0.25) is 0 Å². The summed E-state index contributed by atoms with van der Waals surface area (Å²) in [6.45, 7) is 1.02. The summed E-state index contributed by atoms with van der Waals surface area (Å²) in [6, 6.07) is 10.4. The van der Waals surface area contributed by atoms with Crippen molar-refractivity contribution in [2.24, 2.45) is 0 Å². The molecule has 0 spiro atoms. The number of nitrogens with one attached hydrogen (secondary N) is 1. The van der Waals surface area contributed by atoms with Crippen molar-refractivity contribution in [3.8, 4) is 0 Å². The van der Waals surface area contributed by atoms with Gasteiger partial charge in [-0.3, -0.25) is 4.98 Å². The Labute approximate surface area is 96.0 Å². The van der Waals surface area contributed by atoms with Crippen LogP contribution in [0.5, 0.6) is 0 Å². The molecule has 0 radical (unpaired) electrons. The lowest BCUT2D eigenvalue weighted by Crippen LogP contribution is -2.05. The maximum absolute atomic E-state index is 4.30. The van der Waals surface area contributed by atoms with Crippen molar-refractivity contribution < 1.29 is 0 Å². The minimum Gasteiger partial charge on any atom is -0.319 e. The van der Waals surface area contributed by atoms with E-state index >= 15 is 0 Å². The molecule has 0 aliphatic rings. The van der Waals surface area contributed by atoms with E-state index in [0.717, 1.165) is 18.5 Å². The molecule has 0 saturated heterocycles. The number of hydrogen-bond donors (Lipinski definition) is 1. The van der Waals surface area contributed by atoms with E-state index in [9.17, 15) is 0 Å². The van der Waals surface area contributed by atoms with Crippen LogP contribution in [0.3, 0.4) is 0 Å². The number of fused-ring (bicyclic) bond motifs is 1. The number of rotatable bonds is 4. The third-order valence-corrected chi connectivity index (χ3v) is 2.50. The number of aromatic nitrogens is 1. The normalized spacial score (nSPS) is 11.3. The van der Waals surface area contributed by atoms with Gasteiger partial charge < -0.3 is 5.32 Å². The zero-order chi connectivity index (χ0) is 11.2. The largest absolute Gasteiger partial charge is 0.319 e. The van der Waals surface area contributed by atoms with Crippen molar-refractivity contribution in [2.45, 2.75) is 6.42 Å². The molecule has 2 rings (SSSR count). The fourth-order valence-electron chi connectivity index (χ4n) is 1.64. The van der Waals surface area contributed by atoms with Crippen molar-refractivity contribution in [3.63, 3.8) is 0 Å². The van der Waals surface area contributed by atoms with Crippen LogP contribution in [-0.4, -0.2) is 18.6 Å². The fraction of sp³-hybridized carbons (Fsp3) is 0.214. The lowest BCUT2D eigenvalue weighted by Gasteiger charge is -1.98. The van der Waals surface area contributed by atoms with Crippen LogP contribution in [-0.2, 0) is 0 Å². The van der Waals surface area contributed by atoms with Gasteiger partial charge in [-0.25, -0.2) is 0 Å². The van der Waals surface area contributed by atoms with Crippen LogP contribution in [0.25, 0.3) is 17.0 Å². The summed E-state index contributed by atoms with van der Waals surface area (Å²) in [5.74, 6) is 0. The molecule has 0 aliphatic heterocycles. The van der Waals surface area contributed by atoms with Crippen molar-refractivity contribution >= 4 is 17.0 Å². The van der Waals surface area contributed by atoms with E-state index in [1.54, 1.807) is 0 Å². The van der Waals surface area contributed by atoms with Gasteiger partial charge in [0.1, 0.15) is 0 Å². The molecule has 2 heteroatoms. The third-order valence-electron chi connectivity index (χ3n) is 2.50. The molecule has 1 aromatic heterocycles. The molecule has 2 aromatic rings. The van der Waals surface area contributed by atoms with E-state index in [1.165, 1.54) is 10.9 Å². The zero-order valence-electron chi connectivity index (χ0n) is 9.48. The summed E-state index contributed by atoms with van der Waals surface area (Å²) in [6.07, 6.45) is 7.23. The van der Waals surface area contributed by atoms with Gasteiger partial charge in [-0.15, -0.1) is 0 Å². The standard InChI is InChI=1S/C14H16N2/c1-15-9-3-2-5-12-7-8-14-13(11-12)6-4-10-16-14/h2,4-8,10-11,15H,3,9H2,1H3/b5-2-. The zero-order valence-corrected chi connectivity index (χ0v) is 9.48. The van der Waals surface area contributed by atoms with Crippen molar-refractivity contribution in [2.75, 3.05) is 13.6 Å². The number of benzene rings is 1. The van der Waals surface area contributed by atoms with Crippen molar-refractivity contribution in [1.82, 2.24) is 10.3 Å². The first kappa shape index (κ1) is 10.8. The first-order valence-corrected chi connectivity index (χ1v) is 5.56. The summed E-state index contributed by atoms with van der Waals surface area (Å²) < 4.78 is 0. The third kappa shape index (κ3) is 2.67. The molecule has 0 unspecified atom stereocenters. The van der Waals surface area contributed by atoms with E-state index in [1.807, 2.05) is 19.3 Å². The summed E-state index contributed by atoms with van der Waals surface area (Å²) in [4.78, 5) is 4.30. The van der Waals surface area contributed by atoms with Gasteiger partial charge in [-0.2, -0.15) is 0 Å². The summed E-state index contributed by atoms with van der Waals surface area (Å²) in [7, 11) is 1.97. The Morgan fingerprint density at radius 2 is 2.25 bits per heavy atom. The highest BCUT2D eigenvalue weighted by atomic mass is 14.8. The molecule has 0 bridgehead atoms. The summed E-state index contributed by atoms with van der Waals surface area (Å²) in [5.41, 5.74) is 2.28. The molecule has 0 atom stereocenters. The Morgan fingerprint density at radius 1 is 1.31 bits per heavy atom. The lowest BCUT2D eigenvalue weighted by molar-refractivity contribution is 0.809. The Morgan fingerprint density at radius 3 is 3.12 bits per heavy atom. The van der Waals surface area contributed by atoms with Crippen LogP contribution < -0.4 is 5.32 Å². The van der Waals surface area contributed by atoms with Gasteiger partial charge in [0.2, 0.25) is 0 Å². The highest BCUT2D eigenvalue weighted by molar-refractivity contribution is 5.80. The van der Waals surface area contributed by atoms with Gasteiger partial charge in [-0.1, -0.05) is 24.3 Å². The predicted molar refractivity (Wildman–Crippen MR) is 69.3 cm³/mol. The Kier molecular flexibility index (Phi) is 3.67. The van der Waals surface area contributed by atoms with Crippen LogP contribution in [0.4, 0.5) is 0 Å². The second-order valence-corrected chi connectivity index (χ2v) is 3.75. The maximum Gasteiger partial charge on any atom is 0.0702 e. The van der Waals surface area contributed by atoms with Gasteiger partial charge in [-0.05, 0) is 43.8 Å². The SMILES string of the molecule is CNCC/C=C\c1ccc2ncccc2c1. The molecular formula is C14H16N2. The molecule has 16 heavy (non-hydrogen) atoms. The molecule has 1 N–H and O–H groups in total. The average Bonchev–Trinajstić information content (AvgIpc) is 2.34. The predicted octanol–water partition coefficient (Wildman–Crippen LogP) is 2.86. The first-order chi connectivity index (χ1) is 7.90. The molecule has 0 aliphatic carbocycles. The van der Waals surface area contributed by atoms with Gasteiger partial charge in [0.05, 0.1) is 5.52 Å². The minimum absolute atomic E-state index is 1.02. The van der Waals surface area contributed by atoms with E-state index in [2.05, 4.69) is 46.7 Å². The number of nitrogens with zero attached hydrogens (tertiary/aromatic N) is 1. The van der Waals surface area contributed by atoms with Crippen LogP contribution >= 0.6 is 0 Å². The van der Waals surface area contributed by atoms with Gasteiger partial charge in [0, 0.05) is 11.6 Å². The van der Waals surface area contributed by atoms with Crippen molar-refractivity contribution in [3.05, 3.63) is 48.2 Å². The Balaban J connectivity index is 2.16. The molecule has 1 aromatic carbocycles. The molecule has 0 fully saturated rings. The number of hydrogen-bond acceptors (Lipinski definition) is 2. The van der Waals surface area contributed by atoms with E-state index < -0.39 is 0 Å². The molecular weight excluding hydrogens is 196 g/mol.